The lowest BCUT2D eigenvalue weighted by Crippen LogP contribution is -2.44. The average molecular weight is 318 g/mol. The maximum Gasteiger partial charge on any atom is 0.308 e. The number of rotatable bonds is 4. The fraction of sp³-hybridized carbons (Fsp3) is 0.462. The van der Waals surface area contributed by atoms with Crippen LogP contribution < -0.4 is 4.72 Å². The van der Waals surface area contributed by atoms with Gasteiger partial charge in [0.05, 0.1) is 10.8 Å². The second kappa shape index (κ2) is 6.11. The summed E-state index contributed by atoms with van der Waals surface area (Å²) >= 11 is 5.79. The molecular weight excluding hydrogens is 302 g/mol. The number of aliphatic carboxylic acids is 1. The van der Waals surface area contributed by atoms with Crippen molar-refractivity contribution in [2.24, 2.45) is 5.92 Å². The van der Waals surface area contributed by atoms with Gasteiger partial charge < -0.3 is 5.11 Å². The predicted molar refractivity (Wildman–Crippen MR) is 75.2 cm³/mol. The van der Waals surface area contributed by atoms with Gasteiger partial charge in [-0.15, -0.1) is 0 Å². The Hall–Kier alpha value is -1.11. The van der Waals surface area contributed by atoms with Gasteiger partial charge in [-0.25, -0.2) is 13.1 Å². The van der Waals surface area contributed by atoms with E-state index in [1.165, 1.54) is 12.1 Å². The first-order valence-electron chi connectivity index (χ1n) is 6.41. The summed E-state index contributed by atoms with van der Waals surface area (Å²) in [6, 6.07) is 5.36. The average Bonchev–Trinajstić information content (AvgIpc) is 2.38. The molecule has 2 rings (SSSR count). The van der Waals surface area contributed by atoms with E-state index in [9.17, 15) is 13.2 Å². The Labute approximate surface area is 123 Å². The zero-order valence-corrected chi connectivity index (χ0v) is 12.3. The van der Waals surface area contributed by atoms with Gasteiger partial charge in [-0.3, -0.25) is 4.79 Å². The lowest BCUT2D eigenvalue weighted by Gasteiger charge is -2.28. The highest BCUT2D eigenvalue weighted by Gasteiger charge is 2.33. The third-order valence-electron chi connectivity index (χ3n) is 3.50. The molecular formula is C13H16ClNO4S. The lowest BCUT2D eigenvalue weighted by atomic mass is 9.85. The van der Waals surface area contributed by atoms with Crippen LogP contribution in [-0.2, 0) is 14.8 Å². The van der Waals surface area contributed by atoms with Gasteiger partial charge in [-0.05, 0) is 31.0 Å². The van der Waals surface area contributed by atoms with Crippen LogP contribution in [0.15, 0.2) is 29.2 Å². The van der Waals surface area contributed by atoms with Gasteiger partial charge in [0, 0.05) is 11.1 Å². The number of hydrogen-bond acceptors (Lipinski definition) is 3. The summed E-state index contributed by atoms with van der Waals surface area (Å²) in [5, 5.41) is 9.49. The van der Waals surface area contributed by atoms with Crippen molar-refractivity contribution in [3.63, 3.8) is 0 Å². The molecule has 0 radical (unpaired) electrons. The minimum absolute atomic E-state index is 0.0553. The van der Waals surface area contributed by atoms with Gasteiger partial charge in [-0.2, -0.15) is 0 Å². The molecule has 0 bridgehead atoms. The van der Waals surface area contributed by atoms with Crippen LogP contribution in [0.3, 0.4) is 0 Å². The number of halogens is 1. The van der Waals surface area contributed by atoms with E-state index < -0.39 is 28.0 Å². The van der Waals surface area contributed by atoms with Crippen LogP contribution in [0.2, 0.25) is 5.02 Å². The number of carbonyl (C=O) groups is 1. The van der Waals surface area contributed by atoms with Crippen LogP contribution >= 0.6 is 11.6 Å². The molecule has 0 aliphatic heterocycles. The summed E-state index contributed by atoms with van der Waals surface area (Å²) < 4.78 is 27.0. The highest BCUT2D eigenvalue weighted by molar-refractivity contribution is 7.89. The summed E-state index contributed by atoms with van der Waals surface area (Å²) in [5.74, 6) is -1.62. The minimum Gasteiger partial charge on any atom is -0.481 e. The van der Waals surface area contributed by atoms with E-state index in [1.54, 1.807) is 12.1 Å². The van der Waals surface area contributed by atoms with Crippen molar-refractivity contribution in [2.75, 3.05) is 0 Å². The lowest BCUT2D eigenvalue weighted by molar-refractivity contribution is -0.143. The SMILES string of the molecule is O=C(O)C1CCCCC1NS(=O)(=O)c1cccc(Cl)c1. The molecule has 7 heteroatoms. The molecule has 5 nitrogen and oxygen atoms in total. The molecule has 110 valence electrons. The highest BCUT2D eigenvalue weighted by Crippen LogP contribution is 2.26. The minimum atomic E-state index is -3.75. The molecule has 2 N–H and O–H groups in total. The van der Waals surface area contributed by atoms with Crippen molar-refractivity contribution in [1.82, 2.24) is 4.72 Å². The number of carboxylic acid groups (broad SMARTS) is 1. The fourth-order valence-corrected chi connectivity index (χ4v) is 4.08. The zero-order valence-electron chi connectivity index (χ0n) is 10.8. The van der Waals surface area contributed by atoms with Gasteiger partial charge in [0.2, 0.25) is 10.0 Å². The number of nitrogens with one attached hydrogen (secondary N) is 1. The van der Waals surface area contributed by atoms with Crippen LogP contribution in [0, 0.1) is 5.92 Å². The highest BCUT2D eigenvalue weighted by atomic mass is 35.5. The molecule has 0 amide bonds. The van der Waals surface area contributed by atoms with Crippen molar-refractivity contribution in [2.45, 2.75) is 36.6 Å². The van der Waals surface area contributed by atoms with E-state index in [1.807, 2.05) is 0 Å². The Morgan fingerprint density at radius 2 is 2.00 bits per heavy atom. The summed E-state index contributed by atoms with van der Waals surface area (Å²) in [5.41, 5.74) is 0. The maximum atomic E-state index is 12.3. The van der Waals surface area contributed by atoms with E-state index >= 15 is 0 Å². The quantitative estimate of drug-likeness (QED) is 0.892. The zero-order chi connectivity index (χ0) is 14.8. The molecule has 0 aromatic heterocycles. The smallest absolute Gasteiger partial charge is 0.308 e. The van der Waals surface area contributed by atoms with Crippen LogP contribution in [0.4, 0.5) is 0 Å². The third-order valence-corrected chi connectivity index (χ3v) is 5.22. The number of hydrogen-bond donors (Lipinski definition) is 2. The van der Waals surface area contributed by atoms with Gasteiger partial charge in [0.25, 0.3) is 0 Å². The Morgan fingerprint density at radius 1 is 1.30 bits per heavy atom. The van der Waals surface area contributed by atoms with Crippen LogP contribution in [0.25, 0.3) is 0 Å². The van der Waals surface area contributed by atoms with E-state index in [0.717, 1.165) is 12.8 Å². The van der Waals surface area contributed by atoms with E-state index in [2.05, 4.69) is 4.72 Å². The van der Waals surface area contributed by atoms with Crippen molar-refractivity contribution in [1.29, 1.82) is 0 Å². The molecule has 0 saturated heterocycles. The molecule has 1 aromatic rings. The summed E-state index contributed by atoms with van der Waals surface area (Å²) in [7, 11) is -3.75. The Bertz CT molecular complexity index is 602. The van der Waals surface area contributed by atoms with Crippen molar-refractivity contribution < 1.29 is 18.3 Å². The first-order chi connectivity index (χ1) is 9.40. The first-order valence-corrected chi connectivity index (χ1v) is 8.27. The van der Waals surface area contributed by atoms with Crippen molar-refractivity contribution in [3.8, 4) is 0 Å². The third kappa shape index (κ3) is 3.50. The van der Waals surface area contributed by atoms with Crippen molar-refractivity contribution in [3.05, 3.63) is 29.3 Å². The van der Waals surface area contributed by atoms with E-state index in [4.69, 9.17) is 16.7 Å². The molecule has 1 saturated carbocycles. The first kappa shape index (κ1) is 15.3. The second-order valence-electron chi connectivity index (χ2n) is 4.91. The van der Waals surface area contributed by atoms with E-state index in [0.29, 0.717) is 17.9 Å². The normalized spacial score (nSPS) is 23.4. The van der Waals surface area contributed by atoms with Crippen LogP contribution in [0.5, 0.6) is 0 Å². The topological polar surface area (TPSA) is 83.5 Å². The predicted octanol–water partition coefficient (Wildman–Crippen LogP) is 2.26. The molecule has 1 aliphatic rings. The van der Waals surface area contributed by atoms with Gasteiger partial charge in [-0.1, -0.05) is 30.5 Å². The molecule has 1 fully saturated rings. The fourth-order valence-electron chi connectivity index (χ4n) is 2.47. The van der Waals surface area contributed by atoms with Crippen molar-refractivity contribution >= 4 is 27.6 Å². The summed E-state index contributed by atoms with van der Waals surface area (Å²) in [6.45, 7) is 0. The van der Waals surface area contributed by atoms with Gasteiger partial charge in [0.1, 0.15) is 0 Å². The van der Waals surface area contributed by atoms with E-state index in [-0.39, 0.29) is 4.90 Å². The second-order valence-corrected chi connectivity index (χ2v) is 7.06. The van der Waals surface area contributed by atoms with Gasteiger partial charge in [0.15, 0.2) is 0 Å². The molecule has 20 heavy (non-hydrogen) atoms. The molecule has 2 unspecified atom stereocenters. The summed E-state index contributed by atoms with van der Waals surface area (Å²) in [4.78, 5) is 11.2. The van der Waals surface area contributed by atoms with Crippen LogP contribution in [-0.4, -0.2) is 25.5 Å². The number of carboxylic acids is 1. The molecule has 0 spiro atoms. The summed E-state index contributed by atoms with van der Waals surface area (Å²) in [6.07, 6.45) is 2.67. The maximum absolute atomic E-state index is 12.3. The number of benzene rings is 1. The monoisotopic (exact) mass is 317 g/mol. The molecule has 2 atom stereocenters. The number of sulfonamides is 1. The molecule has 1 aromatic carbocycles. The van der Waals surface area contributed by atoms with Gasteiger partial charge >= 0.3 is 5.97 Å². The Morgan fingerprint density at radius 3 is 2.65 bits per heavy atom. The Kier molecular flexibility index (Phi) is 4.67. The van der Waals surface area contributed by atoms with Crippen LogP contribution in [0.1, 0.15) is 25.7 Å². The molecule has 1 aliphatic carbocycles. The Balaban J connectivity index is 2.20. The largest absolute Gasteiger partial charge is 0.481 e. The standard InChI is InChI=1S/C13H16ClNO4S/c14-9-4-3-5-10(8-9)20(18,19)15-12-7-2-1-6-11(12)13(16)17/h3-5,8,11-12,15H,1-2,6-7H2,(H,16,17). The molecule has 0 heterocycles.